The van der Waals surface area contributed by atoms with Gasteiger partial charge in [0.2, 0.25) is 5.95 Å². The quantitative estimate of drug-likeness (QED) is 0.815. The lowest BCUT2D eigenvalue weighted by molar-refractivity contribution is -0.146. The molecule has 0 unspecified atom stereocenters. The number of nitrogen functional groups attached to an aromatic ring is 1. The van der Waals surface area contributed by atoms with Crippen molar-refractivity contribution in [3.8, 4) is 0 Å². The molecule has 2 aromatic rings. The van der Waals surface area contributed by atoms with Gasteiger partial charge in [-0.15, -0.1) is 5.10 Å². The van der Waals surface area contributed by atoms with Crippen LogP contribution in [0.2, 0.25) is 0 Å². The van der Waals surface area contributed by atoms with E-state index in [0.29, 0.717) is 0 Å². The first-order valence-electron chi connectivity index (χ1n) is 5.46. The van der Waals surface area contributed by atoms with Crippen LogP contribution in [0.4, 0.5) is 5.95 Å². The van der Waals surface area contributed by atoms with Crippen molar-refractivity contribution in [2.45, 2.75) is 20.1 Å². The van der Waals surface area contributed by atoms with E-state index in [1.807, 2.05) is 6.92 Å². The van der Waals surface area contributed by atoms with E-state index in [-0.39, 0.29) is 19.1 Å². The standard InChI is InChI=1S/C10H13BrN6O2/c1-6-9(11)7(16(2)14-6)4-19-8(18)3-17-5-13-10(12)15-17/h5H,3-4H2,1-2H3,(H2,12,15). The molecule has 0 saturated carbocycles. The summed E-state index contributed by atoms with van der Waals surface area (Å²) in [4.78, 5) is 15.3. The smallest absolute Gasteiger partial charge is 0.328 e. The number of nitrogens with two attached hydrogens (primary N) is 1. The molecule has 8 nitrogen and oxygen atoms in total. The van der Waals surface area contributed by atoms with E-state index in [0.717, 1.165) is 15.9 Å². The van der Waals surface area contributed by atoms with Crippen molar-refractivity contribution >= 4 is 27.8 Å². The monoisotopic (exact) mass is 328 g/mol. The predicted octanol–water partition coefficient (Wildman–Crippen LogP) is 0.408. The maximum Gasteiger partial charge on any atom is 0.328 e. The number of nitrogens with zero attached hydrogens (tertiary/aromatic N) is 5. The van der Waals surface area contributed by atoms with Crippen LogP contribution in [0.25, 0.3) is 0 Å². The highest BCUT2D eigenvalue weighted by molar-refractivity contribution is 9.10. The number of carbonyl (C=O) groups excluding carboxylic acids is 1. The largest absolute Gasteiger partial charge is 0.458 e. The van der Waals surface area contributed by atoms with E-state index in [4.69, 9.17) is 10.5 Å². The third-order valence-corrected chi connectivity index (χ3v) is 3.51. The van der Waals surface area contributed by atoms with Gasteiger partial charge in [-0.05, 0) is 22.9 Å². The van der Waals surface area contributed by atoms with E-state index in [9.17, 15) is 4.79 Å². The molecule has 0 aromatic carbocycles. The second-order valence-electron chi connectivity index (χ2n) is 3.93. The zero-order valence-corrected chi connectivity index (χ0v) is 12.1. The van der Waals surface area contributed by atoms with Crippen molar-refractivity contribution in [2.24, 2.45) is 7.05 Å². The van der Waals surface area contributed by atoms with Crippen LogP contribution in [0.1, 0.15) is 11.4 Å². The number of hydrogen-bond acceptors (Lipinski definition) is 6. The van der Waals surface area contributed by atoms with Crippen molar-refractivity contribution in [1.29, 1.82) is 0 Å². The van der Waals surface area contributed by atoms with Crippen LogP contribution in [0.3, 0.4) is 0 Å². The molecule has 0 aliphatic heterocycles. The summed E-state index contributed by atoms with van der Waals surface area (Å²) in [6.07, 6.45) is 1.38. The minimum atomic E-state index is -0.421. The summed E-state index contributed by atoms with van der Waals surface area (Å²) in [5, 5.41) is 8.01. The van der Waals surface area contributed by atoms with Gasteiger partial charge in [-0.1, -0.05) is 0 Å². The van der Waals surface area contributed by atoms with Crippen molar-refractivity contribution in [2.75, 3.05) is 5.73 Å². The Morgan fingerprint density at radius 1 is 1.53 bits per heavy atom. The fourth-order valence-corrected chi connectivity index (χ4v) is 2.00. The average molecular weight is 329 g/mol. The van der Waals surface area contributed by atoms with Crippen LogP contribution in [0, 0.1) is 6.92 Å². The Kier molecular flexibility index (Phi) is 3.84. The van der Waals surface area contributed by atoms with Crippen LogP contribution >= 0.6 is 15.9 Å². The normalized spacial score (nSPS) is 10.7. The Bertz CT molecular complexity index is 605. The fourth-order valence-electron chi connectivity index (χ4n) is 1.55. The first kappa shape index (κ1) is 13.5. The number of rotatable bonds is 4. The van der Waals surface area contributed by atoms with E-state index >= 15 is 0 Å². The molecule has 2 rings (SSSR count). The lowest BCUT2D eigenvalue weighted by atomic mass is 10.4. The highest BCUT2D eigenvalue weighted by Crippen LogP contribution is 2.20. The summed E-state index contributed by atoms with van der Waals surface area (Å²) in [7, 11) is 1.79. The first-order valence-corrected chi connectivity index (χ1v) is 6.25. The summed E-state index contributed by atoms with van der Waals surface area (Å²) in [6.45, 7) is 1.98. The molecular formula is C10H13BrN6O2. The minimum Gasteiger partial charge on any atom is -0.458 e. The highest BCUT2D eigenvalue weighted by Gasteiger charge is 2.13. The summed E-state index contributed by atoms with van der Waals surface area (Å²) >= 11 is 3.40. The third kappa shape index (κ3) is 3.11. The lowest BCUT2D eigenvalue weighted by Gasteiger charge is -2.05. The first-order chi connectivity index (χ1) is 8.97. The van der Waals surface area contributed by atoms with Gasteiger partial charge in [0, 0.05) is 7.05 Å². The second kappa shape index (κ2) is 5.39. The molecule has 0 atom stereocenters. The Labute approximate surface area is 117 Å². The summed E-state index contributed by atoms with van der Waals surface area (Å²) in [6, 6.07) is 0. The SMILES string of the molecule is Cc1nn(C)c(COC(=O)Cn2cnc(N)n2)c1Br. The Balaban J connectivity index is 1.93. The number of aromatic nitrogens is 5. The zero-order chi connectivity index (χ0) is 14.0. The number of hydrogen-bond donors (Lipinski definition) is 1. The Hall–Kier alpha value is -1.90. The molecule has 0 radical (unpaired) electrons. The maximum atomic E-state index is 11.6. The van der Waals surface area contributed by atoms with Gasteiger partial charge in [-0.3, -0.25) is 9.48 Å². The van der Waals surface area contributed by atoms with E-state index in [1.165, 1.54) is 11.0 Å². The van der Waals surface area contributed by atoms with E-state index in [2.05, 4.69) is 31.1 Å². The van der Waals surface area contributed by atoms with Crippen LogP contribution < -0.4 is 5.73 Å². The molecule has 0 amide bonds. The number of carbonyl (C=O) groups is 1. The molecule has 102 valence electrons. The molecular weight excluding hydrogens is 316 g/mol. The van der Waals surface area contributed by atoms with Gasteiger partial charge in [0.05, 0.1) is 15.9 Å². The van der Waals surface area contributed by atoms with Gasteiger partial charge in [0.15, 0.2) is 0 Å². The number of aryl methyl sites for hydroxylation is 2. The molecule has 2 heterocycles. The van der Waals surface area contributed by atoms with Crippen LogP contribution in [0.5, 0.6) is 0 Å². The summed E-state index contributed by atoms with van der Waals surface area (Å²) in [5.74, 6) is -0.298. The van der Waals surface area contributed by atoms with Crippen molar-refractivity contribution in [1.82, 2.24) is 24.5 Å². The van der Waals surface area contributed by atoms with Crippen LogP contribution in [-0.4, -0.2) is 30.5 Å². The summed E-state index contributed by atoms with van der Waals surface area (Å²) in [5.41, 5.74) is 6.99. The molecule has 0 aliphatic carbocycles. The maximum absolute atomic E-state index is 11.6. The number of esters is 1. The number of halogens is 1. The molecule has 2 aromatic heterocycles. The van der Waals surface area contributed by atoms with Crippen molar-refractivity contribution < 1.29 is 9.53 Å². The van der Waals surface area contributed by atoms with Crippen LogP contribution in [0.15, 0.2) is 10.8 Å². The molecule has 2 N–H and O–H groups in total. The fraction of sp³-hybridized carbons (Fsp3) is 0.400. The lowest BCUT2D eigenvalue weighted by Crippen LogP contribution is -2.15. The van der Waals surface area contributed by atoms with Crippen LogP contribution in [-0.2, 0) is 29.7 Å². The third-order valence-electron chi connectivity index (χ3n) is 2.48. The average Bonchev–Trinajstić information content (AvgIpc) is 2.83. The Morgan fingerprint density at radius 2 is 2.26 bits per heavy atom. The molecule has 0 fully saturated rings. The van der Waals surface area contributed by atoms with Gasteiger partial charge in [0.25, 0.3) is 0 Å². The molecule has 0 aliphatic rings. The van der Waals surface area contributed by atoms with Gasteiger partial charge < -0.3 is 10.5 Å². The topological polar surface area (TPSA) is 101 Å². The van der Waals surface area contributed by atoms with Gasteiger partial charge in [0.1, 0.15) is 19.5 Å². The predicted molar refractivity (Wildman–Crippen MR) is 69.9 cm³/mol. The number of ether oxygens (including phenoxy) is 1. The molecule has 0 spiro atoms. The molecule has 19 heavy (non-hydrogen) atoms. The van der Waals surface area contributed by atoms with E-state index in [1.54, 1.807) is 11.7 Å². The molecule has 9 heteroatoms. The minimum absolute atomic E-state index is 0.0291. The summed E-state index contributed by atoms with van der Waals surface area (Å²) < 4.78 is 8.99. The molecule has 0 bridgehead atoms. The molecule has 0 saturated heterocycles. The Morgan fingerprint density at radius 3 is 2.79 bits per heavy atom. The highest BCUT2D eigenvalue weighted by atomic mass is 79.9. The van der Waals surface area contributed by atoms with Crippen molar-refractivity contribution in [3.05, 3.63) is 22.2 Å². The zero-order valence-electron chi connectivity index (χ0n) is 10.5. The van der Waals surface area contributed by atoms with E-state index < -0.39 is 5.97 Å². The second-order valence-corrected chi connectivity index (χ2v) is 4.72. The van der Waals surface area contributed by atoms with Gasteiger partial charge in [-0.25, -0.2) is 9.67 Å². The number of anilines is 1. The van der Waals surface area contributed by atoms with Crippen molar-refractivity contribution in [3.63, 3.8) is 0 Å². The van der Waals surface area contributed by atoms with Gasteiger partial charge >= 0.3 is 5.97 Å². The van der Waals surface area contributed by atoms with Gasteiger partial charge in [-0.2, -0.15) is 5.10 Å².